The van der Waals surface area contributed by atoms with Gasteiger partial charge in [-0.25, -0.2) is 9.78 Å². The van der Waals surface area contributed by atoms with Gasteiger partial charge in [-0.3, -0.25) is 14.9 Å². The molecule has 0 aliphatic carbocycles. The number of rotatable bonds is 6. The highest BCUT2D eigenvalue weighted by Gasteiger charge is 2.45. The van der Waals surface area contributed by atoms with Crippen LogP contribution in [-0.2, 0) is 6.18 Å². The monoisotopic (exact) mass is 668 g/mol. The Morgan fingerprint density at radius 2 is 1.57 bits per heavy atom. The van der Waals surface area contributed by atoms with Crippen molar-refractivity contribution < 1.29 is 22.7 Å². The molecule has 13 heteroatoms. The van der Waals surface area contributed by atoms with E-state index in [4.69, 9.17) is 32.9 Å². The number of benzene rings is 3. The average Bonchev–Trinajstić information content (AvgIpc) is 3.45. The van der Waals surface area contributed by atoms with Crippen LogP contribution in [0.2, 0.25) is 10.0 Å². The molecule has 0 bridgehead atoms. The van der Waals surface area contributed by atoms with Crippen LogP contribution in [-0.4, -0.2) is 64.4 Å². The third-order valence-electron chi connectivity index (χ3n) is 7.97. The van der Waals surface area contributed by atoms with Gasteiger partial charge >= 0.3 is 12.2 Å². The van der Waals surface area contributed by atoms with Crippen LogP contribution in [0.3, 0.4) is 0 Å². The maximum absolute atomic E-state index is 14.7. The number of piperazine rings is 1. The fourth-order valence-electron chi connectivity index (χ4n) is 5.75. The van der Waals surface area contributed by atoms with Crippen molar-refractivity contribution in [2.75, 3.05) is 37.7 Å². The Kier molecular flexibility index (Phi) is 9.06. The van der Waals surface area contributed by atoms with Gasteiger partial charge in [0.2, 0.25) is 0 Å². The van der Waals surface area contributed by atoms with Crippen LogP contribution in [0.15, 0.2) is 90.3 Å². The summed E-state index contributed by atoms with van der Waals surface area (Å²) >= 11 is 12.5. The van der Waals surface area contributed by atoms with Gasteiger partial charge in [0.25, 0.3) is 0 Å². The molecule has 2 atom stereocenters. The van der Waals surface area contributed by atoms with Crippen LogP contribution >= 0.6 is 23.2 Å². The largest absolute Gasteiger partial charge is 0.493 e. The lowest BCUT2D eigenvalue weighted by molar-refractivity contribution is -0.137. The lowest BCUT2D eigenvalue weighted by Gasteiger charge is -2.39. The zero-order valence-corrected chi connectivity index (χ0v) is 26.2. The second kappa shape index (κ2) is 13.2. The van der Waals surface area contributed by atoms with Crippen molar-refractivity contribution in [3.05, 3.63) is 118 Å². The molecule has 3 heterocycles. The number of ether oxygens (including phenoxy) is 1. The zero-order chi connectivity index (χ0) is 32.4. The van der Waals surface area contributed by atoms with Crippen molar-refractivity contribution in [1.29, 1.82) is 0 Å². The van der Waals surface area contributed by atoms with E-state index < -0.39 is 23.8 Å². The first-order chi connectivity index (χ1) is 22.1. The maximum Gasteiger partial charge on any atom is 0.416 e. The van der Waals surface area contributed by atoms with Gasteiger partial charge in [0.1, 0.15) is 23.4 Å². The third-order valence-corrected chi connectivity index (χ3v) is 8.47. The fraction of sp³-hybridized carbons (Fsp3) is 0.273. The van der Waals surface area contributed by atoms with E-state index in [1.54, 1.807) is 59.6 Å². The molecule has 1 aromatic heterocycles. The lowest BCUT2D eigenvalue weighted by atomic mass is 9.93. The van der Waals surface area contributed by atoms with E-state index in [-0.39, 0.29) is 29.8 Å². The van der Waals surface area contributed by atoms with E-state index in [1.807, 2.05) is 29.2 Å². The van der Waals surface area contributed by atoms with Crippen molar-refractivity contribution in [1.82, 2.24) is 19.8 Å². The molecule has 0 radical (unpaired) electrons. The Labute approximate surface area is 274 Å². The van der Waals surface area contributed by atoms with Crippen LogP contribution in [0, 0.1) is 0 Å². The topological polar surface area (TPSA) is 74.2 Å². The fourth-order valence-corrected chi connectivity index (χ4v) is 6.00. The van der Waals surface area contributed by atoms with E-state index in [0.29, 0.717) is 42.0 Å². The van der Waals surface area contributed by atoms with Crippen molar-refractivity contribution in [2.24, 2.45) is 4.99 Å². The Morgan fingerprint density at radius 1 is 0.913 bits per heavy atom. The molecule has 8 nitrogen and oxygen atoms in total. The molecule has 2 unspecified atom stereocenters. The normalized spacial score (nSPS) is 18.5. The maximum atomic E-state index is 14.7. The Morgan fingerprint density at radius 3 is 2.15 bits per heavy atom. The number of carbonyl (C=O) groups excluding carboxylic acids is 1. The second-order valence-corrected chi connectivity index (χ2v) is 11.7. The number of hydrogen-bond acceptors (Lipinski definition) is 6. The molecule has 0 saturated carbocycles. The van der Waals surface area contributed by atoms with Gasteiger partial charge in [-0.05, 0) is 60.5 Å². The minimum atomic E-state index is -4.59. The second-order valence-electron chi connectivity index (χ2n) is 10.8. The summed E-state index contributed by atoms with van der Waals surface area (Å²) < 4.78 is 47.0. The number of carbonyl (C=O) groups is 1. The number of nitrogens with zero attached hydrogens (tertiary/aromatic N) is 6. The van der Waals surface area contributed by atoms with Crippen LogP contribution in [0.1, 0.15) is 41.3 Å². The average molecular weight is 670 g/mol. The van der Waals surface area contributed by atoms with Gasteiger partial charge in [0, 0.05) is 48.6 Å². The van der Waals surface area contributed by atoms with Gasteiger partial charge in [0.05, 0.1) is 30.0 Å². The number of hydrogen-bond donors (Lipinski definition) is 0. The van der Waals surface area contributed by atoms with E-state index in [2.05, 4.69) is 9.97 Å². The molecule has 3 aromatic carbocycles. The lowest BCUT2D eigenvalue weighted by Crippen LogP contribution is -2.54. The summed E-state index contributed by atoms with van der Waals surface area (Å²) in [5.41, 5.74) is 0.936. The minimum Gasteiger partial charge on any atom is -0.493 e. The van der Waals surface area contributed by atoms with E-state index in [0.717, 1.165) is 23.3 Å². The molecule has 6 rings (SSSR count). The predicted octanol–water partition coefficient (Wildman–Crippen LogP) is 7.69. The molecule has 238 valence electrons. The number of anilines is 1. The molecule has 2 aliphatic heterocycles. The van der Waals surface area contributed by atoms with Gasteiger partial charge in [-0.1, -0.05) is 47.5 Å². The van der Waals surface area contributed by atoms with Gasteiger partial charge in [0.15, 0.2) is 0 Å². The van der Waals surface area contributed by atoms with Crippen LogP contribution in [0.25, 0.3) is 0 Å². The Hall–Kier alpha value is -4.35. The number of aromatic nitrogens is 2. The first-order valence-electron chi connectivity index (χ1n) is 14.7. The number of amides is 2. The van der Waals surface area contributed by atoms with Crippen LogP contribution < -0.4 is 9.64 Å². The van der Waals surface area contributed by atoms with Gasteiger partial charge in [-0.2, -0.15) is 13.2 Å². The molecule has 2 amide bonds. The molecular formula is C33H29Cl2F3N6O2. The Balaban J connectivity index is 1.45. The molecule has 1 saturated heterocycles. The minimum absolute atomic E-state index is 0.0204. The molecule has 46 heavy (non-hydrogen) atoms. The van der Waals surface area contributed by atoms with Crippen molar-refractivity contribution >= 4 is 40.9 Å². The first kappa shape index (κ1) is 31.6. The van der Waals surface area contributed by atoms with Gasteiger partial charge < -0.3 is 14.5 Å². The highest BCUT2D eigenvalue weighted by molar-refractivity contribution is 6.30. The summed E-state index contributed by atoms with van der Waals surface area (Å²) in [4.78, 5) is 33.6. The highest BCUT2D eigenvalue weighted by Crippen LogP contribution is 2.46. The SMILES string of the molecule is CCOc1cc(C(F)(F)F)ccc1C1=NC(c2ccc(Cl)cc2)C(c2ccc(Cl)cc2)N1C(=O)N1CCN(c2cnccn2)CC1. The highest BCUT2D eigenvalue weighted by atomic mass is 35.5. The number of alkyl halides is 3. The first-order valence-corrected chi connectivity index (χ1v) is 15.4. The summed E-state index contributed by atoms with van der Waals surface area (Å²) in [7, 11) is 0. The van der Waals surface area contributed by atoms with Crippen LogP contribution in [0.4, 0.5) is 23.8 Å². The van der Waals surface area contributed by atoms with Crippen molar-refractivity contribution in [3.63, 3.8) is 0 Å². The summed E-state index contributed by atoms with van der Waals surface area (Å²) in [5, 5.41) is 1.05. The third kappa shape index (κ3) is 6.47. The standard InChI is InChI=1S/C33H29Cl2F3N6O2/c1-2-46-27-19-23(33(36,37)38)7-12-26(27)31-41-29(21-3-8-24(34)9-4-21)30(22-5-10-25(35)11-6-22)44(31)32(45)43-17-15-42(16-18-43)28-20-39-13-14-40-28/h3-14,19-20,29-30H,2,15-18H2,1H3. The van der Waals surface area contributed by atoms with E-state index in [9.17, 15) is 18.0 Å². The molecular weight excluding hydrogens is 640 g/mol. The quantitative estimate of drug-likeness (QED) is 0.211. The summed E-state index contributed by atoms with van der Waals surface area (Å²) in [6, 6.07) is 15.9. The smallest absolute Gasteiger partial charge is 0.416 e. The molecule has 0 N–H and O–H groups in total. The molecule has 4 aromatic rings. The van der Waals surface area contributed by atoms with Crippen LogP contribution in [0.5, 0.6) is 5.75 Å². The summed E-state index contributed by atoms with van der Waals surface area (Å²) in [6.07, 6.45) is 0.310. The molecule has 0 spiro atoms. The molecule has 2 aliphatic rings. The predicted molar refractivity (Wildman–Crippen MR) is 171 cm³/mol. The van der Waals surface area contributed by atoms with E-state index in [1.165, 1.54) is 6.07 Å². The van der Waals surface area contributed by atoms with Crippen molar-refractivity contribution in [3.8, 4) is 5.75 Å². The summed E-state index contributed by atoms with van der Waals surface area (Å²) in [6.45, 7) is 3.59. The number of halogens is 5. The number of amidine groups is 1. The van der Waals surface area contributed by atoms with Crippen molar-refractivity contribution in [2.45, 2.75) is 25.2 Å². The molecule has 1 fully saturated rings. The number of aliphatic imine (C=N–C) groups is 1. The Bertz CT molecular complexity index is 1710. The van der Waals surface area contributed by atoms with E-state index >= 15 is 0 Å². The number of urea groups is 1. The summed E-state index contributed by atoms with van der Waals surface area (Å²) in [5.74, 6) is 0.900. The zero-order valence-electron chi connectivity index (χ0n) is 24.7. The van der Waals surface area contributed by atoms with Gasteiger partial charge in [-0.15, -0.1) is 0 Å².